The van der Waals surface area contributed by atoms with Crippen LogP contribution in [-0.2, 0) is 6.54 Å². The van der Waals surface area contributed by atoms with Crippen molar-refractivity contribution in [1.29, 1.82) is 0 Å². The fraction of sp³-hybridized carbons (Fsp3) is 0.118. The molecular formula is C17H15ClFN5. The summed E-state index contributed by atoms with van der Waals surface area (Å²) in [7, 11) is 0. The summed E-state index contributed by atoms with van der Waals surface area (Å²) in [6.45, 7) is 2.21. The van der Waals surface area contributed by atoms with E-state index < -0.39 is 0 Å². The van der Waals surface area contributed by atoms with Crippen LogP contribution < -0.4 is 10.6 Å². The topological polar surface area (TPSA) is 62.7 Å². The Morgan fingerprint density at radius 2 is 2.00 bits per heavy atom. The second kappa shape index (κ2) is 7.23. The Kier molecular flexibility index (Phi) is 4.86. The average molecular weight is 344 g/mol. The summed E-state index contributed by atoms with van der Waals surface area (Å²) >= 11 is 6.11. The predicted molar refractivity (Wildman–Crippen MR) is 93.0 cm³/mol. The zero-order chi connectivity index (χ0) is 16.9. The Morgan fingerprint density at radius 3 is 2.79 bits per heavy atom. The molecule has 7 heteroatoms. The molecule has 0 bridgehead atoms. The highest BCUT2D eigenvalue weighted by molar-refractivity contribution is 6.31. The first kappa shape index (κ1) is 16.1. The lowest BCUT2D eigenvalue weighted by Crippen LogP contribution is -2.07. The van der Waals surface area contributed by atoms with E-state index >= 15 is 0 Å². The minimum atomic E-state index is -0.276. The van der Waals surface area contributed by atoms with Gasteiger partial charge in [0.1, 0.15) is 5.82 Å². The Bertz CT molecular complexity index is 856. The van der Waals surface area contributed by atoms with Crippen LogP contribution in [0.1, 0.15) is 11.1 Å². The Balaban J connectivity index is 1.69. The van der Waals surface area contributed by atoms with E-state index in [1.807, 2.05) is 25.1 Å². The van der Waals surface area contributed by atoms with E-state index in [1.165, 1.54) is 12.3 Å². The zero-order valence-corrected chi connectivity index (χ0v) is 13.7. The van der Waals surface area contributed by atoms with Crippen LogP contribution in [0.2, 0.25) is 5.02 Å². The Labute approximate surface area is 143 Å². The Hall–Kier alpha value is -2.73. The summed E-state index contributed by atoms with van der Waals surface area (Å²) in [6.07, 6.45) is 1.50. The number of benzene rings is 2. The van der Waals surface area contributed by atoms with Crippen LogP contribution in [0.25, 0.3) is 0 Å². The summed E-state index contributed by atoms with van der Waals surface area (Å²) in [5, 5.41) is 14.5. The van der Waals surface area contributed by atoms with E-state index in [0.717, 1.165) is 11.3 Å². The van der Waals surface area contributed by atoms with Crippen molar-refractivity contribution in [3.63, 3.8) is 0 Å². The highest BCUT2D eigenvalue weighted by Crippen LogP contribution is 2.22. The number of aryl methyl sites for hydroxylation is 1. The molecule has 3 rings (SSSR count). The molecule has 0 fully saturated rings. The quantitative estimate of drug-likeness (QED) is 0.722. The van der Waals surface area contributed by atoms with E-state index in [4.69, 9.17) is 11.6 Å². The number of hydrogen-bond acceptors (Lipinski definition) is 5. The predicted octanol–water partition coefficient (Wildman–Crippen LogP) is 4.33. The number of anilines is 3. The van der Waals surface area contributed by atoms with Crippen LogP contribution in [0, 0.1) is 12.7 Å². The van der Waals surface area contributed by atoms with Crippen molar-refractivity contribution in [3.8, 4) is 0 Å². The molecule has 5 nitrogen and oxygen atoms in total. The monoisotopic (exact) mass is 343 g/mol. The molecule has 1 heterocycles. The number of nitrogens with zero attached hydrogens (tertiary/aromatic N) is 3. The van der Waals surface area contributed by atoms with Gasteiger partial charge in [0, 0.05) is 22.8 Å². The minimum Gasteiger partial charge on any atom is -0.349 e. The summed E-state index contributed by atoms with van der Waals surface area (Å²) in [4.78, 5) is 4.30. The second-order valence-electron chi connectivity index (χ2n) is 5.20. The summed E-state index contributed by atoms with van der Waals surface area (Å²) in [6, 6.07) is 12.2. The third kappa shape index (κ3) is 3.97. The van der Waals surface area contributed by atoms with Crippen molar-refractivity contribution < 1.29 is 4.39 Å². The third-order valence-electron chi connectivity index (χ3n) is 3.40. The summed E-state index contributed by atoms with van der Waals surface area (Å²) < 4.78 is 13.6. The van der Waals surface area contributed by atoms with Gasteiger partial charge >= 0.3 is 0 Å². The maximum absolute atomic E-state index is 13.6. The van der Waals surface area contributed by atoms with Crippen molar-refractivity contribution in [2.75, 3.05) is 10.6 Å². The maximum atomic E-state index is 13.6. The molecule has 0 aliphatic heterocycles. The number of halogens is 2. The SMILES string of the molecule is Cc1ccc(Nc2cnnc(NCc3ccccc3F)n2)cc1Cl. The summed E-state index contributed by atoms with van der Waals surface area (Å²) in [5.74, 6) is 0.545. The van der Waals surface area contributed by atoms with Crippen LogP contribution in [0.3, 0.4) is 0 Å². The van der Waals surface area contributed by atoms with Gasteiger partial charge in [-0.05, 0) is 30.7 Å². The number of hydrogen-bond donors (Lipinski definition) is 2. The van der Waals surface area contributed by atoms with Gasteiger partial charge < -0.3 is 10.6 Å². The first-order chi connectivity index (χ1) is 11.6. The van der Waals surface area contributed by atoms with Crippen molar-refractivity contribution >= 4 is 29.1 Å². The van der Waals surface area contributed by atoms with E-state index in [0.29, 0.717) is 22.4 Å². The van der Waals surface area contributed by atoms with E-state index in [1.54, 1.807) is 18.2 Å². The average Bonchev–Trinajstić information content (AvgIpc) is 2.58. The fourth-order valence-electron chi connectivity index (χ4n) is 2.07. The second-order valence-corrected chi connectivity index (χ2v) is 5.61. The molecule has 0 atom stereocenters. The van der Waals surface area contributed by atoms with Gasteiger partial charge in [0.15, 0.2) is 5.82 Å². The molecule has 0 unspecified atom stereocenters. The first-order valence-electron chi connectivity index (χ1n) is 7.32. The van der Waals surface area contributed by atoms with Crippen molar-refractivity contribution in [2.24, 2.45) is 0 Å². The Morgan fingerprint density at radius 1 is 1.17 bits per heavy atom. The van der Waals surface area contributed by atoms with Crippen LogP contribution in [0.4, 0.5) is 21.8 Å². The largest absolute Gasteiger partial charge is 0.349 e. The summed E-state index contributed by atoms with van der Waals surface area (Å²) in [5.41, 5.74) is 2.33. The lowest BCUT2D eigenvalue weighted by atomic mass is 10.2. The molecule has 0 spiro atoms. The van der Waals surface area contributed by atoms with E-state index in [-0.39, 0.29) is 12.4 Å². The smallest absolute Gasteiger partial charge is 0.244 e. The van der Waals surface area contributed by atoms with Crippen LogP contribution in [0.5, 0.6) is 0 Å². The molecule has 0 aliphatic rings. The number of aromatic nitrogens is 3. The van der Waals surface area contributed by atoms with Gasteiger partial charge in [-0.3, -0.25) is 0 Å². The highest BCUT2D eigenvalue weighted by Gasteiger charge is 2.05. The molecule has 0 amide bonds. The van der Waals surface area contributed by atoms with Gasteiger partial charge in [-0.2, -0.15) is 10.1 Å². The lowest BCUT2D eigenvalue weighted by Gasteiger charge is -2.09. The zero-order valence-electron chi connectivity index (χ0n) is 12.9. The number of rotatable bonds is 5. The van der Waals surface area contributed by atoms with Gasteiger partial charge in [-0.15, -0.1) is 5.10 Å². The van der Waals surface area contributed by atoms with E-state index in [2.05, 4.69) is 25.8 Å². The molecular weight excluding hydrogens is 329 g/mol. The maximum Gasteiger partial charge on any atom is 0.244 e. The van der Waals surface area contributed by atoms with Gasteiger partial charge in [-0.1, -0.05) is 35.9 Å². The molecule has 0 saturated heterocycles. The first-order valence-corrected chi connectivity index (χ1v) is 7.70. The van der Waals surface area contributed by atoms with Gasteiger partial charge in [0.25, 0.3) is 0 Å². The molecule has 1 aromatic heterocycles. The molecule has 0 saturated carbocycles. The van der Waals surface area contributed by atoms with Crippen molar-refractivity contribution in [1.82, 2.24) is 15.2 Å². The normalized spacial score (nSPS) is 10.5. The lowest BCUT2D eigenvalue weighted by molar-refractivity contribution is 0.612. The molecule has 122 valence electrons. The molecule has 3 aromatic rings. The highest BCUT2D eigenvalue weighted by atomic mass is 35.5. The fourth-order valence-corrected chi connectivity index (χ4v) is 2.25. The number of nitrogens with one attached hydrogen (secondary N) is 2. The van der Waals surface area contributed by atoms with Crippen molar-refractivity contribution in [3.05, 3.63) is 70.6 Å². The molecule has 2 N–H and O–H groups in total. The molecule has 2 aromatic carbocycles. The van der Waals surface area contributed by atoms with Crippen LogP contribution in [0.15, 0.2) is 48.7 Å². The van der Waals surface area contributed by atoms with Gasteiger partial charge in [-0.25, -0.2) is 4.39 Å². The van der Waals surface area contributed by atoms with Crippen LogP contribution in [-0.4, -0.2) is 15.2 Å². The third-order valence-corrected chi connectivity index (χ3v) is 3.81. The standard InChI is InChI=1S/C17H15ClFN5/c1-11-6-7-13(8-14(11)18)22-16-10-21-24-17(23-16)20-9-12-4-2-3-5-15(12)19/h2-8,10H,9H2,1H3,(H2,20,22,23,24). The minimum absolute atomic E-state index is 0.272. The van der Waals surface area contributed by atoms with Gasteiger partial charge in [0.05, 0.1) is 6.20 Å². The van der Waals surface area contributed by atoms with Crippen molar-refractivity contribution in [2.45, 2.75) is 13.5 Å². The molecule has 24 heavy (non-hydrogen) atoms. The van der Waals surface area contributed by atoms with E-state index in [9.17, 15) is 4.39 Å². The van der Waals surface area contributed by atoms with Crippen LogP contribution >= 0.6 is 11.6 Å². The van der Waals surface area contributed by atoms with Gasteiger partial charge in [0.2, 0.25) is 5.95 Å². The molecule has 0 radical (unpaired) electrons. The molecule has 0 aliphatic carbocycles.